The molecule has 2 saturated heterocycles. The molecule has 2 aromatic rings. The molecule has 2 aromatic carbocycles. The highest BCUT2D eigenvalue weighted by molar-refractivity contribution is 7.89. The molecule has 2 heterocycles. The molecule has 0 spiro atoms. The molecule has 4 rings (SSSR count). The number of rotatable bonds is 6. The van der Waals surface area contributed by atoms with E-state index in [0.717, 1.165) is 25.2 Å². The zero-order valence-corrected chi connectivity index (χ0v) is 21.3. The molecule has 0 atom stereocenters. The van der Waals surface area contributed by atoms with Gasteiger partial charge in [-0.2, -0.15) is 4.31 Å². The quantitative estimate of drug-likeness (QED) is 0.409. The van der Waals surface area contributed by atoms with Crippen molar-refractivity contribution in [2.75, 3.05) is 39.3 Å². The van der Waals surface area contributed by atoms with Gasteiger partial charge in [0.1, 0.15) is 0 Å². The molecular formula is C23H26Cl2N4O5S. The van der Waals surface area contributed by atoms with E-state index in [9.17, 15) is 23.3 Å². The van der Waals surface area contributed by atoms with Gasteiger partial charge in [0.2, 0.25) is 15.9 Å². The van der Waals surface area contributed by atoms with Crippen LogP contribution in [0.4, 0.5) is 5.69 Å². The maximum atomic E-state index is 13.1. The fourth-order valence-electron chi connectivity index (χ4n) is 4.51. The zero-order chi connectivity index (χ0) is 25.2. The smallest absolute Gasteiger partial charge is 0.269 e. The number of carbonyl (C=O) groups is 1. The fourth-order valence-corrected chi connectivity index (χ4v) is 6.30. The van der Waals surface area contributed by atoms with Crippen LogP contribution >= 0.6 is 23.2 Å². The van der Waals surface area contributed by atoms with Crippen LogP contribution in [0.2, 0.25) is 10.0 Å². The second kappa shape index (κ2) is 10.8. The highest BCUT2D eigenvalue weighted by atomic mass is 35.5. The molecule has 188 valence electrons. The van der Waals surface area contributed by atoms with Gasteiger partial charge in [-0.25, -0.2) is 8.42 Å². The standard InChI is InChI=1S/C23H26Cl2N4O5S/c24-21-6-1-17(15-22(21)25)16-26-11-13-27(14-12-26)23(30)18-7-9-28(10-8-18)35(33,34)20-4-2-19(3-5-20)29(31)32/h1-6,15,18H,7-14,16H2. The lowest BCUT2D eigenvalue weighted by atomic mass is 9.96. The molecule has 0 saturated carbocycles. The first kappa shape index (κ1) is 25.8. The Labute approximate surface area is 214 Å². The van der Waals surface area contributed by atoms with E-state index in [-0.39, 0.29) is 35.5 Å². The van der Waals surface area contributed by atoms with Crippen LogP contribution in [0.15, 0.2) is 47.4 Å². The van der Waals surface area contributed by atoms with Crippen molar-refractivity contribution in [1.82, 2.24) is 14.1 Å². The number of amides is 1. The Morgan fingerprint density at radius 1 is 0.943 bits per heavy atom. The molecule has 1 amide bonds. The predicted molar refractivity (Wildman–Crippen MR) is 133 cm³/mol. The van der Waals surface area contributed by atoms with Crippen LogP contribution in [-0.2, 0) is 21.4 Å². The van der Waals surface area contributed by atoms with Gasteiger partial charge in [-0.3, -0.25) is 19.8 Å². The normalized spacial score (nSPS) is 18.5. The Kier molecular flexibility index (Phi) is 7.97. The van der Waals surface area contributed by atoms with Crippen molar-refractivity contribution in [3.63, 3.8) is 0 Å². The number of piperidine rings is 1. The summed E-state index contributed by atoms with van der Waals surface area (Å²) in [5, 5.41) is 11.9. The molecule has 9 nitrogen and oxygen atoms in total. The van der Waals surface area contributed by atoms with Crippen molar-refractivity contribution in [1.29, 1.82) is 0 Å². The van der Waals surface area contributed by atoms with Crippen LogP contribution in [0, 0.1) is 16.0 Å². The molecule has 0 radical (unpaired) electrons. The number of hydrogen-bond donors (Lipinski definition) is 0. The summed E-state index contributed by atoms with van der Waals surface area (Å²) in [5.41, 5.74) is 0.908. The number of benzene rings is 2. The summed E-state index contributed by atoms with van der Waals surface area (Å²) < 4.78 is 27.2. The second-order valence-corrected chi connectivity index (χ2v) is 11.5. The van der Waals surface area contributed by atoms with E-state index in [4.69, 9.17) is 23.2 Å². The lowest BCUT2D eigenvalue weighted by Crippen LogP contribution is -2.51. The molecule has 2 aliphatic rings. The van der Waals surface area contributed by atoms with Crippen LogP contribution in [0.1, 0.15) is 18.4 Å². The van der Waals surface area contributed by atoms with Crippen molar-refractivity contribution in [2.24, 2.45) is 5.92 Å². The Hall–Kier alpha value is -2.24. The maximum absolute atomic E-state index is 13.1. The third-order valence-corrected chi connectivity index (χ3v) is 9.21. The van der Waals surface area contributed by atoms with E-state index in [1.807, 2.05) is 17.0 Å². The van der Waals surface area contributed by atoms with Gasteiger partial charge in [0.05, 0.1) is 19.9 Å². The number of nitro benzene ring substituents is 1. The van der Waals surface area contributed by atoms with Crippen molar-refractivity contribution in [2.45, 2.75) is 24.3 Å². The molecule has 35 heavy (non-hydrogen) atoms. The molecule has 0 bridgehead atoms. The molecule has 0 N–H and O–H groups in total. The summed E-state index contributed by atoms with van der Waals surface area (Å²) in [6.07, 6.45) is 0.906. The van der Waals surface area contributed by atoms with Gasteiger partial charge in [-0.05, 0) is 42.7 Å². The third kappa shape index (κ3) is 5.95. The van der Waals surface area contributed by atoms with Crippen molar-refractivity contribution < 1.29 is 18.1 Å². The van der Waals surface area contributed by atoms with Gasteiger partial charge < -0.3 is 4.90 Å². The van der Waals surface area contributed by atoms with Gasteiger partial charge in [0.15, 0.2) is 0 Å². The molecule has 0 unspecified atom stereocenters. The molecule has 0 aliphatic carbocycles. The van der Waals surface area contributed by atoms with Crippen LogP contribution in [0.3, 0.4) is 0 Å². The van der Waals surface area contributed by atoms with Crippen molar-refractivity contribution in [3.05, 3.63) is 68.2 Å². The second-order valence-electron chi connectivity index (χ2n) is 8.78. The van der Waals surface area contributed by atoms with E-state index >= 15 is 0 Å². The van der Waals surface area contributed by atoms with Gasteiger partial charge in [-0.1, -0.05) is 29.3 Å². The topological polar surface area (TPSA) is 104 Å². The van der Waals surface area contributed by atoms with E-state index in [2.05, 4.69) is 4.90 Å². The Balaban J connectivity index is 1.27. The molecule has 2 aliphatic heterocycles. The third-order valence-electron chi connectivity index (χ3n) is 6.56. The molecule has 12 heteroatoms. The monoisotopic (exact) mass is 540 g/mol. The van der Waals surface area contributed by atoms with Gasteiger partial charge in [-0.15, -0.1) is 0 Å². The SMILES string of the molecule is O=C(C1CCN(S(=O)(=O)c2ccc([N+](=O)[O-])cc2)CC1)N1CCN(Cc2ccc(Cl)c(Cl)c2)CC1. The molecule has 2 fully saturated rings. The van der Waals surface area contributed by atoms with Gasteiger partial charge in [0.25, 0.3) is 5.69 Å². The number of non-ortho nitro benzene ring substituents is 1. The van der Waals surface area contributed by atoms with E-state index in [1.54, 1.807) is 6.07 Å². The Bertz CT molecular complexity index is 1190. The summed E-state index contributed by atoms with van der Waals surface area (Å²) in [5.74, 6) is -0.133. The summed E-state index contributed by atoms with van der Waals surface area (Å²) in [6, 6.07) is 10.5. The van der Waals surface area contributed by atoms with Crippen LogP contribution in [-0.4, -0.2) is 72.6 Å². The highest BCUT2D eigenvalue weighted by Gasteiger charge is 2.34. The molecule has 0 aromatic heterocycles. The summed E-state index contributed by atoms with van der Waals surface area (Å²) in [6.45, 7) is 3.97. The first-order chi connectivity index (χ1) is 16.6. The van der Waals surface area contributed by atoms with Crippen LogP contribution in [0.5, 0.6) is 0 Å². The largest absolute Gasteiger partial charge is 0.340 e. The summed E-state index contributed by atoms with van der Waals surface area (Å²) in [7, 11) is -3.76. The van der Waals surface area contributed by atoms with E-state index in [1.165, 1.54) is 28.6 Å². The van der Waals surface area contributed by atoms with Crippen LogP contribution < -0.4 is 0 Å². The number of piperazine rings is 1. The minimum absolute atomic E-state index is 0.0194. The number of nitrogens with zero attached hydrogens (tertiary/aromatic N) is 4. The first-order valence-corrected chi connectivity index (χ1v) is 13.5. The number of sulfonamides is 1. The maximum Gasteiger partial charge on any atom is 0.269 e. The van der Waals surface area contributed by atoms with Crippen molar-refractivity contribution in [3.8, 4) is 0 Å². The fraction of sp³-hybridized carbons (Fsp3) is 0.435. The van der Waals surface area contributed by atoms with Crippen molar-refractivity contribution >= 4 is 44.8 Å². The van der Waals surface area contributed by atoms with E-state index < -0.39 is 14.9 Å². The van der Waals surface area contributed by atoms with E-state index in [0.29, 0.717) is 36.0 Å². The Morgan fingerprint density at radius 3 is 2.14 bits per heavy atom. The average molecular weight is 541 g/mol. The number of nitro groups is 1. The number of carbonyl (C=O) groups excluding carboxylic acids is 1. The minimum atomic E-state index is -3.76. The highest BCUT2D eigenvalue weighted by Crippen LogP contribution is 2.27. The zero-order valence-electron chi connectivity index (χ0n) is 19.0. The first-order valence-electron chi connectivity index (χ1n) is 11.3. The van der Waals surface area contributed by atoms with Crippen LogP contribution in [0.25, 0.3) is 0 Å². The lowest BCUT2D eigenvalue weighted by molar-refractivity contribution is -0.384. The molecular weight excluding hydrogens is 515 g/mol. The van der Waals surface area contributed by atoms with Gasteiger partial charge >= 0.3 is 0 Å². The van der Waals surface area contributed by atoms with Gasteiger partial charge in [0, 0.05) is 63.9 Å². The average Bonchev–Trinajstić information content (AvgIpc) is 2.86. The Morgan fingerprint density at radius 2 is 1.57 bits per heavy atom. The minimum Gasteiger partial charge on any atom is -0.340 e. The summed E-state index contributed by atoms with van der Waals surface area (Å²) in [4.78, 5) is 27.5. The lowest BCUT2D eigenvalue weighted by Gasteiger charge is -2.38. The predicted octanol–water partition coefficient (Wildman–Crippen LogP) is 3.65. The number of halogens is 2. The number of hydrogen-bond acceptors (Lipinski definition) is 6. The summed E-state index contributed by atoms with van der Waals surface area (Å²) >= 11 is 12.1.